The Bertz CT molecular complexity index is 1190. The van der Waals surface area contributed by atoms with Crippen LogP contribution in [0.3, 0.4) is 0 Å². The molecule has 0 fully saturated rings. The molecule has 3 aromatic carbocycles. The van der Waals surface area contributed by atoms with Crippen molar-refractivity contribution in [3.8, 4) is 11.1 Å². The summed E-state index contributed by atoms with van der Waals surface area (Å²) in [4.78, 5) is 16.3. The summed E-state index contributed by atoms with van der Waals surface area (Å²) in [6, 6.07) is 21.1. The van der Waals surface area contributed by atoms with Gasteiger partial charge in [0.2, 0.25) is 0 Å². The van der Waals surface area contributed by atoms with Crippen molar-refractivity contribution >= 4 is 22.7 Å². The van der Waals surface area contributed by atoms with Crippen LogP contribution < -0.4 is 5.73 Å². The summed E-state index contributed by atoms with van der Waals surface area (Å²) in [5, 5.41) is 9.46. The number of aromatic carboxylic acids is 1. The van der Waals surface area contributed by atoms with Gasteiger partial charge in [-0.1, -0.05) is 61.9 Å². The van der Waals surface area contributed by atoms with Gasteiger partial charge >= 0.3 is 5.97 Å². The number of carbonyl (C=O) groups is 1. The van der Waals surface area contributed by atoms with E-state index in [1.54, 1.807) is 12.1 Å². The van der Waals surface area contributed by atoms with Gasteiger partial charge in [-0.05, 0) is 41.3 Å². The van der Waals surface area contributed by atoms with Gasteiger partial charge in [0.15, 0.2) is 0 Å². The number of unbranched alkanes of at least 4 members (excludes halogenated alkanes) is 1. The normalized spacial score (nSPS) is 11.1. The number of para-hydroxylation sites is 1. The van der Waals surface area contributed by atoms with Gasteiger partial charge in [-0.25, -0.2) is 9.78 Å². The Morgan fingerprint density at radius 2 is 1.80 bits per heavy atom. The van der Waals surface area contributed by atoms with Gasteiger partial charge in [0, 0.05) is 13.0 Å². The number of nitrogen functional groups attached to an aromatic ring is 1. The van der Waals surface area contributed by atoms with E-state index in [2.05, 4.69) is 29.7 Å². The maximum atomic E-state index is 11.5. The summed E-state index contributed by atoms with van der Waals surface area (Å²) in [5.41, 5.74) is 11.8. The number of carboxylic acids is 1. The SMILES string of the molecule is CCCCc1nc2c(N)cccc2n1Cc1ccc(-c2ccccc2C(=O)O)cc1. The maximum absolute atomic E-state index is 11.5. The van der Waals surface area contributed by atoms with E-state index in [4.69, 9.17) is 10.7 Å². The first-order chi connectivity index (χ1) is 14.6. The number of anilines is 1. The fourth-order valence-electron chi connectivity index (χ4n) is 3.81. The van der Waals surface area contributed by atoms with E-state index in [0.29, 0.717) is 17.8 Å². The van der Waals surface area contributed by atoms with Gasteiger partial charge in [0.1, 0.15) is 11.3 Å². The molecule has 0 spiro atoms. The van der Waals surface area contributed by atoms with Crippen LogP contribution in [0.1, 0.15) is 41.5 Å². The van der Waals surface area contributed by atoms with Crippen LogP contribution in [0.5, 0.6) is 0 Å². The summed E-state index contributed by atoms with van der Waals surface area (Å²) >= 11 is 0. The lowest BCUT2D eigenvalue weighted by atomic mass is 9.99. The Morgan fingerprint density at radius 1 is 1.03 bits per heavy atom. The third-order valence-corrected chi connectivity index (χ3v) is 5.41. The predicted octanol–water partition coefficient (Wildman–Crippen LogP) is 5.37. The monoisotopic (exact) mass is 399 g/mol. The molecule has 0 saturated carbocycles. The molecule has 3 N–H and O–H groups in total. The van der Waals surface area contributed by atoms with E-state index in [0.717, 1.165) is 52.8 Å². The van der Waals surface area contributed by atoms with Gasteiger partial charge in [-0.15, -0.1) is 0 Å². The minimum absolute atomic E-state index is 0.309. The topological polar surface area (TPSA) is 81.1 Å². The van der Waals surface area contributed by atoms with Crippen LogP contribution in [-0.4, -0.2) is 20.6 Å². The molecule has 30 heavy (non-hydrogen) atoms. The molecule has 0 aliphatic rings. The Morgan fingerprint density at radius 3 is 2.53 bits per heavy atom. The van der Waals surface area contributed by atoms with Crippen molar-refractivity contribution < 1.29 is 9.90 Å². The van der Waals surface area contributed by atoms with Crippen LogP contribution in [0, 0.1) is 0 Å². The Hall–Kier alpha value is -3.60. The van der Waals surface area contributed by atoms with Crippen LogP contribution in [0.15, 0.2) is 66.7 Å². The van der Waals surface area contributed by atoms with Gasteiger partial charge in [-0.3, -0.25) is 0 Å². The molecule has 5 nitrogen and oxygen atoms in total. The predicted molar refractivity (Wildman–Crippen MR) is 121 cm³/mol. The van der Waals surface area contributed by atoms with Gasteiger partial charge in [0.05, 0.1) is 16.8 Å². The molecule has 0 bridgehead atoms. The highest BCUT2D eigenvalue weighted by atomic mass is 16.4. The molecule has 0 atom stereocenters. The van der Waals surface area contributed by atoms with Gasteiger partial charge < -0.3 is 15.4 Å². The van der Waals surface area contributed by atoms with Gasteiger partial charge in [0.25, 0.3) is 0 Å². The van der Waals surface area contributed by atoms with Crippen molar-refractivity contribution in [2.45, 2.75) is 32.7 Å². The van der Waals surface area contributed by atoms with E-state index >= 15 is 0 Å². The van der Waals surface area contributed by atoms with E-state index in [1.807, 2.05) is 36.4 Å². The summed E-state index contributed by atoms with van der Waals surface area (Å²) in [5.74, 6) is 0.128. The van der Waals surface area contributed by atoms with E-state index < -0.39 is 5.97 Å². The van der Waals surface area contributed by atoms with E-state index in [-0.39, 0.29) is 0 Å². The maximum Gasteiger partial charge on any atom is 0.336 e. The average molecular weight is 399 g/mol. The number of rotatable bonds is 7. The molecule has 0 amide bonds. The van der Waals surface area contributed by atoms with Crippen LogP contribution >= 0.6 is 0 Å². The third-order valence-electron chi connectivity index (χ3n) is 5.41. The number of hydrogen-bond donors (Lipinski definition) is 2. The van der Waals surface area contributed by atoms with Crippen molar-refractivity contribution in [2.75, 3.05) is 5.73 Å². The molecular formula is C25H25N3O2. The van der Waals surface area contributed by atoms with Gasteiger partial charge in [-0.2, -0.15) is 0 Å². The van der Waals surface area contributed by atoms with E-state index in [1.165, 1.54) is 0 Å². The Balaban J connectivity index is 1.68. The number of carboxylic acid groups (broad SMARTS) is 1. The second-order valence-electron chi connectivity index (χ2n) is 7.48. The first kappa shape index (κ1) is 19.7. The standard InChI is InChI=1S/C25H25N3O2/c1-2-3-11-23-27-24-21(26)9-6-10-22(24)28(23)16-17-12-14-18(15-13-17)19-7-4-5-8-20(19)25(29)30/h4-10,12-15H,2-3,11,16,26H2,1H3,(H,29,30). The molecule has 152 valence electrons. The molecule has 0 aliphatic heterocycles. The number of hydrogen-bond acceptors (Lipinski definition) is 3. The summed E-state index contributed by atoms with van der Waals surface area (Å²) in [7, 11) is 0. The number of nitrogens with two attached hydrogens (primary N) is 1. The van der Waals surface area contributed by atoms with Crippen molar-refractivity contribution in [1.82, 2.24) is 9.55 Å². The largest absolute Gasteiger partial charge is 0.478 e. The minimum Gasteiger partial charge on any atom is -0.478 e. The molecular weight excluding hydrogens is 374 g/mol. The number of imidazole rings is 1. The minimum atomic E-state index is -0.919. The Kier molecular flexibility index (Phi) is 5.53. The lowest BCUT2D eigenvalue weighted by Crippen LogP contribution is -2.05. The number of aryl methyl sites for hydroxylation is 1. The Labute approximate surface area is 175 Å². The van der Waals surface area contributed by atoms with Crippen molar-refractivity contribution in [3.63, 3.8) is 0 Å². The molecule has 0 aliphatic carbocycles. The van der Waals surface area contributed by atoms with Crippen LogP contribution in [0.2, 0.25) is 0 Å². The number of fused-ring (bicyclic) bond motifs is 1. The summed E-state index contributed by atoms with van der Waals surface area (Å²) in [6.07, 6.45) is 3.10. The van der Waals surface area contributed by atoms with E-state index in [9.17, 15) is 9.90 Å². The van der Waals surface area contributed by atoms with Crippen LogP contribution in [-0.2, 0) is 13.0 Å². The highest BCUT2D eigenvalue weighted by Gasteiger charge is 2.14. The molecule has 4 rings (SSSR count). The quantitative estimate of drug-likeness (QED) is 0.409. The first-order valence-electron chi connectivity index (χ1n) is 10.2. The molecule has 1 aromatic heterocycles. The zero-order valence-corrected chi connectivity index (χ0v) is 17.0. The molecule has 0 unspecified atom stereocenters. The molecule has 0 radical (unpaired) electrons. The zero-order valence-electron chi connectivity index (χ0n) is 17.0. The first-order valence-corrected chi connectivity index (χ1v) is 10.2. The van der Waals surface area contributed by atoms with Crippen molar-refractivity contribution in [2.24, 2.45) is 0 Å². The lowest BCUT2D eigenvalue weighted by Gasteiger charge is -2.11. The number of benzene rings is 3. The van der Waals surface area contributed by atoms with Crippen molar-refractivity contribution in [1.29, 1.82) is 0 Å². The zero-order chi connectivity index (χ0) is 21.1. The fraction of sp³-hybridized carbons (Fsp3) is 0.200. The second-order valence-corrected chi connectivity index (χ2v) is 7.48. The summed E-state index contributed by atoms with van der Waals surface area (Å²) < 4.78 is 2.24. The number of nitrogens with zero attached hydrogens (tertiary/aromatic N) is 2. The summed E-state index contributed by atoms with van der Waals surface area (Å²) in [6.45, 7) is 2.87. The lowest BCUT2D eigenvalue weighted by molar-refractivity contribution is 0.0697. The fourth-order valence-corrected chi connectivity index (χ4v) is 3.81. The molecule has 0 saturated heterocycles. The second kappa shape index (κ2) is 8.41. The highest BCUT2D eigenvalue weighted by Crippen LogP contribution is 2.26. The third kappa shape index (κ3) is 3.79. The van der Waals surface area contributed by atoms with Crippen LogP contribution in [0.25, 0.3) is 22.2 Å². The molecule has 4 aromatic rings. The highest BCUT2D eigenvalue weighted by molar-refractivity contribution is 5.96. The van der Waals surface area contributed by atoms with Crippen molar-refractivity contribution in [3.05, 3.63) is 83.7 Å². The number of aromatic nitrogens is 2. The average Bonchev–Trinajstić information content (AvgIpc) is 3.11. The molecule has 5 heteroatoms. The molecule has 1 heterocycles. The smallest absolute Gasteiger partial charge is 0.336 e. The van der Waals surface area contributed by atoms with Crippen LogP contribution in [0.4, 0.5) is 5.69 Å².